The van der Waals surface area contributed by atoms with Crippen LogP contribution in [-0.4, -0.2) is 63.6 Å². The number of aryl methyl sites for hydroxylation is 1. The molecule has 0 aliphatic carbocycles. The third-order valence-electron chi connectivity index (χ3n) is 6.58. The molecule has 3 aromatic rings. The summed E-state index contributed by atoms with van der Waals surface area (Å²) in [5.74, 6) is -4.17. The highest BCUT2D eigenvalue weighted by molar-refractivity contribution is 7.96. The number of piperazine rings is 1. The number of halogens is 3. The van der Waals surface area contributed by atoms with Crippen LogP contribution in [0.25, 0.3) is 11.0 Å². The standard InChI is InChI=1S/C24H26ClF2N5OS/c1-34-30-13-11-29(12-14-30)9-4-10-31-21-8-7-17(25)15-19(21)28-22(31)16-32-20-6-3-2-5-18(20)24(26,27)23(32)33/h2-3,5-8,15H,4,9-14,16H2,1H3. The summed E-state index contributed by atoms with van der Waals surface area (Å²) >= 11 is 7.96. The molecular formula is C24H26ClF2N5OS. The fourth-order valence-corrected chi connectivity index (χ4v) is 5.47. The Morgan fingerprint density at radius 2 is 1.85 bits per heavy atom. The van der Waals surface area contributed by atoms with Gasteiger partial charge in [0.15, 0.2) is 0 Å². The second-order valence-electron chi connectivity index (χ2n) is 8.60. The van der Waals surface area contributed by atoms with Crippen molar-refractivity contribution in [3.63, 3.8) is 0 Å². The number of carbonyl (C=O) groups is 1. The second-order valence-corrected chi connectivity index (χ2v) is 9.92. The van der Waals surface area contributed by atoms with E-state index in [4.69, 9.17) is 16.6 Å². The van der Waals surface area contributed by atoms with Crippen LogP contribution >= 0.6 is 23.5 Å². The highest BCUT2D eigenvalue weighted by Gasteiger charge is 2.52. The molecule has 1 aromatic heterocycles. The van der Waals surface area contributed by atoms with E-state index in [9.17, 15) is 13.6 Å². The second kappa shape index (κ2) is 9.45. The maximum atomic E-state index is 14.7. The quantitative estimate of drug-likeness (QED) is 0.439. The van der Waals surface area contributed by atoms with Crippen molar-refractivity contribution in [2.24, 2.45) is 0 Å². The van der Waals surface area contributed by atoms with Crippen molar-refractivity contribution < 1.29 is 13.6 Å². The van der Waals surface area contributed by atoms with E-state index in [2.05, 4.69) is 15.5 Å². The molecule has 2 aliphatic heterocycles. The summed E-state index contributed by atoms with van der Waals surface area (Å²) in [4.78, 5) is 20.9. The molecule has 34 heavy (non-hydrogen) atoms. The summed E-state index contributed by atoms with van der Waals surface area (Å²) in [5.41, 5.74) is 1.57. The number of nitrogens with zero attached hydrogens (tertiary/aromatic N) is 5. The average Bonchev–Trinajstić information content (AvgIpc) is 3.27. The molecule has 0 saturated carbocycles. The molecule has 5 rings (SSSR count). The van der Waals surface area contributed by atoms with Gasteiger partial charge in [-0.05, 0) is 43.5 Å². The van der Waals surface area contributed by atoms with Crippen LogP contribution in [0, 0.1) is 0 Å². The summed E-state index contributed by atoms with van der Waals surface area (Å²) in [6, 6.07) is 11.5. The van der Waals surface area contributed by atoms with E-state index in [-0.39, 0.29) is 17.8 Å². The summed E-state index contributed by atoms with van der Waals surface area (Å²) in [7, 11) is 0. The smallest absolute Gasteiger partial charge is 0.326 e. The lowest BCUT2D eigenvalue weighted by Crippen LogP contribution is -2.43. The number of amides is 1. The van der Waals surface area contributed by atoms with Gasteiger partial charge in [0.2, 0.25) is 0 Å². The van der Waals surface area contributed by atoms with Crippen LogP contribution in [0.3, 0.4) is 0 Å². The molecule has 0 N–H and O–H groups in total. The maximum Gasteiger partial charge on any atom is 0.352 e. The molecule has 2 aromatic carbocycles. The van der Waals surface area contributed by atoms with Gasteiger partial charge in [-0.2, -0.15) is 8.78 Å². The SMILES string of the molecule is CSN1CCN(CCCn2c(CN3C(=O)C(F)(F)c4ccccc43)nc3cc(Cl)ccc32)CC1. The number of hydrogen-bond donors (Lipinski definition) is 0. The van der Waals surface area contributed by atoms with Crippen molar-refractivity contribution in [1.82, 2.24) is 18.8 Å². The number of rotatable bonds is 7. The van der Waals surface area contributed by atoms with Crippen molar-refractivity contribution >= 4 is 46.2 Å². The number of anilines is 1. The van der Waals surface area contributed by atoms with Crippen LogP contribution in [0.2, 0.25) is 5.02 Å². The molecule has 1 fully saturated rings. The largest absolute Gasteiger partial charge is 0.352 e. The van der Waals surface area contributed by atoms with Crippen LogP contribution < -0.4 is 4.90 Å². The van der Waals surface area contributed by atoms with Crippen molar-refractivity contribution in [1.29, 1.82) is 0 Å². The molecule has 10 heteroatoms. The lowest BCUT2D eigenvalue weighted by Gasteiger charge is -2.33. The first-order chi connectivity index (χ1) is 16.4. The molecule has 0 bridgehead atoms. The van der Waals surface area contributed by atoms with Crippen molar-refractivity contribution in [2.45, 2.75) is 25.4 Å². The van der Waals surface area contributed by atoms with Gasteiger partial charge in [-0.3, -0.25) is 9.69 Å². The van der Waals surface area contributed by atoms with Crippen LogP contribution in [0.4, 0.5) is 14.5 Å². The summed E-state index contributed by atoms with van der Waals surface area (Å²) < 4.78 is 33.7. The van der Waals surface area contributed by atoms with E-state index in [0.717, 1.165) is 49.6 Å². The Morgan fingerprint density at radius 1 is 1.09 bits per heavy atom. The number of fused-ring (bicyclic) bond motifs is 2. The van der Waals surface area contributed by atoms with Gasteiger partial charge in [-0.1, -0.05) is 41.7 Å². The van der Waals surface area contributed by atoms with Crippen molar-refractivity contribution in [3.05, 3.63) is 58.9 Å². The number of carbonyl (C=O) groups excluding carboxylic acids is 1. The van der Waals surface area contributed by atoms with Gasteiger partial charge < -0.3 is 9.47 Å². The molecule has 0 atom stereocenters. The van der Waals surface area contributed by atoms with Gasteiger partial charge >= 0.3 is 11.8 Å². The van der Waals surface area contributed by atoms with Crippen LogP contribution in [0.5, 0.6) is 0 Å². The number of aromatic nitrogens is 2. The van der Waals surface area contributed by atoms with Gasteiger partial charge in [0, 0.05) is 37.7 Å². The van der Waals surface area contributed by atoms with Crippen molar-refractivity contribution in [3.8, 4) is 0 Å². The first-order valence-electron chi connectivity index (χ1n) is 11.3. The number of alkyl halides is 2. The zero-order valence-electron chi connectivity index (χ0n) is 18.9. The lowest BCUT2D eigenvalue weighted by atomic mass is 10.1. The molecule has 6 nitrogen and oxygen atoms in total. The fourth-order valence-electron chi connectivity index (χ4n) is 4.78. The Balaban J connectivity index is 1.38. The third-order valence-corrected chi connectivity index (χ3v) is 7.70. The van der Waals surface area contributed by atoms with Crippen LogP contribution in [0.15, 0.2) is 42.5 Å². The average molecular weight is 506 g/mol. The van der Waals surface area contributed by atoms with Crippen molar-refractivity contribution in [2.75, 3.05) is 43.9 Å². The number of para-hydroxylation sites is 1. The molecular weight excluding hydrogens is 480 g/mol. The molecule has 0 spiro atoms. The Hall–Kier alpha value is -2.20. The minimum atomic E-state index is -3.53. The lowest BCUT2D eigenvalue weighted by molar-refractivity contribution is -0.141. The molecule has 1 saturated heterocycles. The zero-order valence-corrected chi connectivity index (χ0v) is 20.5. The molecule has 3 heterocycles. The Bertz CT molecular complexity index is 1210. The molecule has 180 valence electrons. The highest BCUT2D eigenvalue weighted by Crippen LogP contribution is 2.44. The highest BCUT2D eigenvalue weighted by atomic mass is 35.5. The first kappa shape index (κ1) is 23.5. The van der Waals surface area contributed by atoms with Crippen LogP contribution in [0.1, 0.15) is 17.8 Å². The third kappa shape index (κ3) is 4.30. The number of hydrogen-bond acceptors (Lipinski definition) is 5. The Kier molecular flexibility index (Phi) is 6.54. The molecule has 1 amide bonds. The monoisotopic (exact) mass is 505 g/mol. The fraction of sp³-hybridized carbons (Fsp3) is 0.417. The van der Waals surface area contributed by atoms with E-state index in [1.54, 1.807) is 36.2 Å². The number of benzene rings is 2. The molecule has 0 unspecified atom stereocenters. The minimum absolute atomic E-state index is 0.0237. The predicted molar refractivity (Wildman–Crippen MR) is 132 cm³/mol. The van der Waals surface area contributed by atoms with E-state index in [1.807, 2.05) is 10.6 Å². The molecule has 2 aliphatic rings. The maximum absolute atomic E-state index is 14.7. The van der Waals surface area contributed by atoms with Gasteiger partial charge in [0.05, 0.1) is 28.8 Å². The van der Waals surface area contributed by atoms with Gasteiger partial charge in [-0.15, -0.1) is 0 Å². The van der Waals surface area contributed by atoms with Crippen LogP contribution in [-0.2, 0) is 23.8 Å². The predicted octanol–water partition coefficient (Wildman–Crippen LogP) is 4.61. The van der Waals surface area contributed by atoms with E-state index in [0.29, 0.717) is 22.9 Å². The Morgan fingerprint density at radius 3 is 2.62 bits per heavy atom. The summed E-state index contributed by atoms with van der Waals surface area (Å²) in [5, 5.41) is 0.560. The van der Waals surface area contributed by atoms with Gasteiger partial charge in [0.25, 0.3) is 0 Å². The summed E-state index contributed by atoms with van der Waals surface area (Å²) in [6.07, 6.45) is 2.99. The Labute approximate surface area is 206 Å². The summed E-state index contributed by atoms with van der Waals surface area (Å²) in [6.45, 7) is 5.75. The zero-order chi connectivity index (χ0) is 23.9. The van der Waals surface area contributed by atoms with Gasteiger partial charge in [0.1, 0.15) is 5.82 Å². The topological polar surface area (TPSA) is 44.6 Å². The molecule has 0 radical (unpaired) electrons. The van der Waals surface area contributed by atoms with E-state index in [1.165, 1.54) is 12.1 Å². The number of imidazole rings is 1. The van der Waals surface area contributed by atoms with Gasteiger partial charge in [-0.25, -0.2) is 9.29 Å². The minimum Gasteiger partial charge on any atom is -0.326 e. The normalized spacial score (nSPS) is 18.7. The van der Waals surface area contributed by atoms with E-state index >= 15 is 0 Å². The first-order valence-corrected chi connectivity index (χ1v) is 12.9. The van der Waals surface area contributed by atoms with E-state index < -0.39 is 11.8 Å².